The maximum Gasteiger partial charge on any atom is 0.243 e. The Morgan fingerprint density at radius 2 is 1.54 bits per heavy atom. The van der Waals surface area contributed by atoms with Gasteiger partial charge in [0.25, 0.3) is 0 Å². The van der Waals surface area contributed by atoms with E-state index in [1.54, 1.807) is 5.48 Å². The molecule has 50 heavy (non-hydrogen) atoms. The standard InChI is InChI=1S/C41H53N3O6/c1-2-25-44(35-12-8-9-13-35)28-36-26-38(32-19-17-30(29-45)18-20-32)50-41(49-36)33-23-21-31(22-24-33)37-14-10-7-11-34(37)27-42-39(46)15-5-3-4-6-16-40(47)43-48/h2,7,10-11,14,17-24,35-36,38,41,45,48H,1,3-6,8-9,12-13,15-16,25-29H2,(H,42,46)(H,43,47). The highest BCUT2D eigenvalue weighted by atomic mass is 16.7. The lowest BCUT2D eigenvalue weighted by Crippen LogP contribution is -2.43. The Hall–Kier alpha value is -3.86. The van der Waals surface area contributed by atoms with Crippen molar-refractivity contribution in [2.75, 3.05) is 13.1 Å². The molecular formula is C41H53N3O6. The van der Waals surface area contributed by atoms with E-state index in [1.165, 1.54) is 25.7 Å². The summed E-state index contributed by atoms with van der Waals surface area (Å²) in [7, 11) is 0. The summed E-state index contributed by atoms with van der Waals surface area (Å²) >= 11 is 0. The second-order valence-electron chi connectivity index (χ2n) is 13.5. The first-order valence-corrected chi connectivity index (χ1v) is 18.2. The Morgan fingerprint density at radius 1 is 0.860 bits per heavy atom. The van der Waals surface area contributed by atoms with Crippen molar-refractivity contribution in [1.82, 2.24) is 15.7 Å². The van der Waals surface area contributed by atoms with Gasteiger partial charge in [-0.2, -0.15) is 0 Å². The average Bonchev–Trinajstić information content (AvgIpc) is 3.70. The molecular weight excluding hydrogens is 630 g/mol. The fourth-order valence-electron chi connectivity index (χ4n) is 7.14. The monoisotopic (exact) mass is 683 g/mol. The van der Waals surface area contributed by atoms with Crippen molar-refractivity contribution in [3.8, 4) is 11.1 Å². The van der Waals surface area contributed by atoms with Crippen molar-refractivity contribution in [2.45, 2.75) is 108 Å². The molecule has 0 aromatic heterocycles. The Kier molecular flexibility index (Phi) is 14.6. The van der Waals surface area contributed by atoms with Crippen molar-refractivity contribution >= 4 is 11.8 Å². The summed E-state index contributed by atoms with van der Waals surface area (Å²) in [5.41, 5.74) is 7.70. The molecule has 268 valence electrons. The smallest absolute Gasteiger partial charge is 0.243 e. The molecule has 3 aromatic carbocycles. The van der Waals surface area contributed by atoms with Crippen LogP contribution >= 0.6 is 0 Å². The fourth-order valence-corrected chi connectivity index (χ4v) is 7.14. The molecule has 3 atom stereocenters. The van der Waals surface area contributed by atoms with Crippen molar-refractivity contribution in [1.29, 1.82) is 0 Å². The van der Waals surface area contributed by atoms with E-state index in [2.05, 4.69) is 59.3 Å². The van der Waals surface area contributed by atoms with Crippen LogP contribution in [0.5, 0.6) is 0 Å². The van der Waals surface area contributed by atoms with Crippen LogP contribution in [0.4, 0.5) is 0 Å². The van der Waals surface area contributed by atoms with Crippen LogP contribution in [0.2, 0.25) is 0 Å². The molecule has 9 heteroatoms. The maximum atomic E-state index is 12.6. The number of aliphatic hydroxyl groups is 1. The summed E-state index contributed by atoms with van der Waals surface area (Å²) in [5, 5.41) is 21.2. The van der Waals surface area contributed by atoms with Crippen molar-refractivity contribution in [3.63, 3.8) is 0 Å². The van der Waals surface area contributed by atoms with Gasteiger partial charge in [-0.05, 0) is 53.5 Å². The van der Waals surface area contributed by atoms with E-state index >= 15 is 0 Å². The molecule has 1 heterocycles. The number of nitrogens with zero attached hydrogens (tertiary/aromatic N) is 1. The topological polar surface area (TPSA) is 120 Å². The average molecular weight is 684 g/mol. The summed E-state index contributed by atoms with van der Waals surface area (Å²) in [5.74, 6) is -0.374. The summed E-state index contributed by atoms with van der Waals surface area (Å²) in [6, 6.07) is 25.0. The van der Waals surface area contributed by atoms with Crippen LogP contribution in [0.15, 0.2) is 85.5 Å². The molecule has 1 aliphatic heterocycles. The van der Waals surface area contributed by atoms with Gasteiger partial charge in [0.15, 0.2) is 6.29 Å². The van der Waals surface area contributed by atoms with Crippen LogP contribution < -0.4 is 10.8 Å². The number of nitrogens with one attached hydrogen (secondary N) is 2. The highest BCUT2D eigenvalue weighted by Crippen LogP contribution is 2.39. The minimum Gasteiger partial charge on any atom is -0.392 e. The zero-order valence-electron chi connectivity index (χ0n) is 29.1. The van der Waals surface area contributed by atoms with E-state index in [-0.39, 0.29) is 37.0 Å². The van der Waals surface area contributed by atoms with Gasteiger partial charge in [-0.15, -0.1) is 6.58 Å². The van der Waals surface area contributed by atoms with Gasteiger partial charge in [0.2, 0.25) is 11.8 Å². The number of aliphatic hydroxyl groups excluding tert-OH is 1. The van der Waals surface area contributed by atoms with Gasteiger partial charge in [-0.3, -0.25) is 19.7 Å². The Balaban J connectivity index is 1.23. The molecule has 2 fully saturated rings. The van der Waals surface area contributed by atoms with Gasteiger partial charge >= 0.3 is 0 Å². The number of hydrogen-bond acceptors (Lipinski definition) is 7. The largest absolute Gasteiger partial charge is 0.392 e. The normalized spacial score (nSPS) is 19.4. The van der Waals surface area contributed by atoms with E-state index in [0.29, 0.717) is 25.4 Å². The third kappa shape index (κ3) is 10.8. The number of unbranched alkanes of at least 4 members (excludes halogenated alkanes) is 3. The SMILES string of the molecule is C=CCN(CC1CC(c2ccc(CO)cc2)OC(c2ccc(-c3ccccc3CNC(=O)CCCCCCC(=O)NO)cc2)O1)C1CCCC1. The van der Waals surface area contributed by atoms with Crippen LogP contribution in [0.25, 0.3) is 11.1 Å². The molecule has 2 amide bonds. The summed E-state index contributed by atoms with van der Waals surface area (Å²) in [6.45, 7) is 6.14. The highest BCUT2D eigenvalue weighted by Gasteiger charge is 2.34. The third-order valence-electron chi connectivity index (χ3n) is 9.93. The number of hydrogen-bond donors (Lipinski definition) is 4. The third-order valence-corrected chi connectivity index (χ3v) is 9.93. The Morgan fingerprint density at radius 3 is 2.22 bits per heavy atom. The van der Waals surface area contributed by atoms with Gasteiger partial charge in [0, 0.05) is 50.5 Å². The predicted octanol–water partition coefficient (Wildman–Crippen LogP) is 7.28. The van der Waals surface area contributed by atoms with E-state index in [0.717, 1.165) is 72.2 Å². The van der Waals surface area contributed by atoms with E-state index in [1.807, 2.05) is 36.4 Å². The Bertz CT molecular complexity index is 1510. The number of carbonyl (C=O) groups excluding carboxylic acids is 2. The molecule has 9 nitrogen and oxygen atoms in total. The van der Waals surface area contributed by atoms with Crippen molar-refractivity contribution in [3.05, 3.63) is 108 Å². The molecule has 0 radical (unpaired) electrons. The van der Waals surface area contributed by atoms with Crippen molar-refractivity contribution < 1.29 is 29.4 Å². The zero-order chi connectivity index (χ0) is 35.1. The summed E-state index contributed by atoms with van der Waals surface area (Å²) in [6.07, 6.45) is 10.9. The minimum atomic E-state index is -0.527. The number of ether oxygens (including phenoxy) is 2. The molecule has 0 spiro atoms. The van der Waals surface area contributed by atoms with E-state index < -0.39 is 6.29 Å². The first-order valence-electron chi connectivity index (χ1n) is 18.2. The molecule has 4 N–H and O–H groups in total. The first kappa shape index (κ1) is 37.4. The lowest BCUT2D eigenvalue weighted by atomic mass is 9.97. The lowest BCUT2D eigenvalue weighted by molar-refractivity contribution is -0.253. The lowest BCUT2D eigenvalue weighted by Gasteiger charge is -2.39. The number of rotatable bonds is 18. The number of carbonyl (C=O) groups is 2. The molecule has 5 rings (SSSR count). The predicted molar refractivity (Wildman–Crippen MR) is 194 cm³/mol. The van der Waals surface area contributed by atoms with Gasteiger partial charge in [-0.25, -0.2) is 5.48 Å². The quantitative estimate of drug-likeness (QED) is 0.0481. The molecule has 3 aromatic rings. The second kappa shape index (κ2) is 19.5. The number of benzene rings is 3. The number of hydroxylamine groups is 1. The summed E-state index contributed by atoms with van der Waals surface area (Å²) in [4.78, 5) is 26.2. The fraction of sp³-hybridized carbons (Fsp3) is 0.463. The van der Waals surface area contributed by atoms with Crippen LogP contribution in [-0.4, -0.2) is 52.3 Å². The first-order chi connectivity index (χ1) is 24.5. The van der Waals surface area contributed by atoms with Crippen LogP contribution in [0.1, 0.15) is 105 Å². The Labute approximate surface area is 296 Å². The summed E-state index contributed by atoms with van der Waals surface area (Å²) < 4.78 is 13.3. The maximum absolute atomic E-state index is 12.6. The molecule has 2 aliphatic rings. The number of amides is 2. The van der Waals surface area contributed by atoms with Crippen LogP contribution in [0.3, 0.4) is 0 Å². The zero-order valence-corrected chi connectivity index (χ0v) is 29.1. The van der Waals surface area contributed by atoms with Gasteiger partial charge in [-0.1, -0.05) is 105 Å². The molecule has 0 bridgehead atoms. The van der Waals surface area contributed by atoms with Gasteiger partial charge in [0.05, 0.1) is 18.8 Å². The minimum absolute atomic E-state index is 0.00421. The van der Waals surface area contributed by atoms with Gasteiger partial charge < -0.3 is 19.9 Å². The molecule has 1 aliphatic carbocycles. The van der Waals surface area contributed by atoms with E-state index in [9.17, 15) is 14.7 Å². The second-order valence-corrected chi connectivity index (χ2v) is 13.5. The van der Waals surface area contributed by atoms with Gasteiger partial charge in [0.1, 0.15) is 0 Å². The molecule has 1 saturated carbocycles. The van der Waals surface area contributed by atoms with Crippen molar-refractivity contribution in [2.24, 2.45) is 0 Å². The van der Waals surface area contributed by atoms with Crippen LogP contribution in [-0.2, 0) is 32.2 Å². The van der Waals surface area contributed by atoms with E-state index in [4.69, 9.17) is 14.7 Å². The van der Waals surface area contributed by atoms with Crippen LogP contribution in [0, 0.1) is 0 Å². The molecule has 1 saturated heterocycles. The highest BCUT2D eigenvalue weighted by molar-refractivity contribution is 5.76. The molecule has 3 unspecified atom stereocenters.